The van der Waals surface area contributed by atoms with Gasteiger partial charge in [-0.1, -0.05) is 18.8 Å². The summed E-state index contributed by atoms with van der Waals surface area (Å²) in [4.78, 5) is 15.0. The van der Waals surface area contributed by atoms with Gasteiger partial charge in [0.15, 0.2) is 17.5 Å². The fraction of sp³-hybridized carbons (Fsp3) is 0.321. The number of nitrogen functional groups attached to an aromatic ring is 1. The van der Waals surface area contributed by atoms with Gasteiger partial charge in [-0.3, -0.25) is 0 Å². The normalized spacial score (nSPS) is 18.7. The van der Waals surface area contributed by atoms with Gasteiger partial charge in [0.05, 0.1) is 11.6 Å². The molecule has 6 rings (SSSR count). The molecule has 0 amide bonds. The highest BCUT2D eigenvalue weighted by molar-refractivity contribution is 6.05. The van der Waals surface area contributed by atoms with E-state index in [4.69, 9.17) is 21.6 Å². The van der Waals surface area contributed by atoms with E-state index in [9.17, 15) is 19.0 Å². The third-order valence-corrected chi connectivity index (χ3v) is 7.39. The van der Waals surface area contributed by atoms with Gasteiger partial charge in [-0.05, 0) is 43.4 Å². The predicted octanol–water partition coefficient (Wildman–Crippen LogP) is 4.00. The molecular weight excluding hydrogens is 527 g/mol. The highest BCUT2D eigenvalue weighted by atomic mass is 19.2. The molecule has 4 heterocycles. The Bertz CT molecular complexity index is 1730. The zero-order valence-corrected chi connectivity index (χ0v) is 21.3. The summed E-state index contributed by atoms with van der Waals surface area (Å²) in [5.74, 6) is -0.969. The van der Waals surface area contributed by atoms with E-state index in [2.05, 4.69) is 20.9 Å². The van der Waals surface area contributed by atoms with E-state index >= 15 is 4.39 Å². The highest BCUT2D eigenvalue weighted by Crippen LogP contribution is 2.44. The lowest BCUT2D eigenvalue weighted by atomic mass is 9.95. The number of nitrogens with zero attached hydrogens (tertiary/aromatic N) is 4. The lowest BCUT2D eigenvalue weighted by Crippen LogP contribution is -2.44. The molecule has 1 saturated heterocycles. The summed E-state index contributed by atoms with van der Waals surface area (Å²) in [6, 6.07) is 3.05. The van der Waals surface area contributed by atoms with Gasteiger partial charge in [0, 0.05) is 23.2 Å². The number of ether oxygens (including phenoxy) is 2. The minimum absolute atomic E-state index is 0.00246. The number of fused-ring (bicyclic) bond motifs is 3. The fourth-order valence-corrected chi connectivity index (χ4v) is 5.69. The standard InChI is InChI=1S/C28H24F3N5O4/c1-3-15-19-13(10-17(29)21(15)30)9-14(32)11-16(19)23-22(31)24-20-25(35-27(34-24)40-28(37)38)36-8-6-4-5-7-18(36)12(2)39-26(20)33-23/h1,9-12,18,28,37-38H,4-8,32H2,2H3/t12-,18?/m0/s1. The van der Waals surface area contributed by atoms with Crippen LogP contribution in [0.3, 0.4) is 0 Å². The number of benzene rings is 2. The molecule has 9 nitrogen and oxygen atoms in total. The monoisotopic (exact) mass is 551 g/mol. The number of aromatic nitrogens is 3. The van der Waals surface area contributed by atoms with Crippen LogP contribution in [0, 0.1) is 29.8 Å². The average Bonchev–Trinajstić information content (AvgIpc) is 3.21. The van der Waals surface area contributed by atoms with E-state index in [1.165, 1.54) is 12.1 Å². The van der Waals surface area contributed by atoms with Crippen molar-refractivity contribution < 1.29 is 32.9 Å². The van der Waals surface area contributed by atoms with Crippen molar-refractivity contribution in [2.45, 2.75) is 51.2 Å². The number of nitrogens with two attached hydrogens (primary N) is 1. The van der Waals surface area contributed by atoms with Crippen molar-refractivity contribution in [2.24, 2.45) is 0 Å². The molecule has 1 fully saturated rings. The van der Waals surface area contributed by atoms with Gasteiger partial charge in [0.1, 0.15) is 28.5 Å². The summed E-state index contributed by atoms with van der Waals surface area (Å²) < 4.78 is 56.9. The van der Waals surface area contributed by atoms with Crippen LogP contribution < -0.4 is 20.1 Å². The van der Waals surface area contributed by atoms with Crippen LogP contribution in [0.15, 0.2) is 18.2 Å². The van der Waals surface area contributed by atoms with Crippen LogP contribution in [-0.2, 0) is 0 Å². The second kappa shape index (κ2) is 9.69. The quantitative estimate of drug-likeness (QED) is 0.197. The number of aliphatic hydroxyl groups excluding tert-OH is 1. The molecule has 0 saturated carbocycles. The summed E-state index contributed by atoms with van der Waals surface area (Å²) in [5.41, 5.74) is 5.17. The van der Waals surface area contributed by atoms with E-state index in [0.29, 0.717) is 6.54 Å². The van der Waals surface area contributed by atoms with Crippen LogP contribution in [-0.4, -0.2) is 50.3 Å². The predicted molar refractivity (Wildman–Crippen MR) is 141 cm³/mol. The summed E-state index contributed by atoms with van der Waals surface area (Å²) in [5, 5.41) is 19.2. The van der Waals surface area contributed by atoms with Crippen molar-refractivity contribution in [1.82, 2.24) is 15.0 Å². The van der Waals surface area contributed by atoms with Gasteiger partial charge in [-0.2, -0.15) is 9.97 Å². The van der Waals surface area contributed by atoms with Crippen molar-refractivity contribution >= 4 is 33.2 Å². The number of pyridine rings is 1. The van der Waals surface area contributed by atoms with Gasteiger partial charge in [-0.15, -0.1) is 6.42 Å². The summed E-state index contributed by atoms with van der Waals surface area (Å²) in [6.07, 6.45) is 8.70. The second-order valence-corrected chi connectivity index (χ2v) is 9.87. The van der Waals surface area contributed by atoms with Crippen molar-refractivity contribution in [2.75, 3.05) is 17.2 Å². The number of anilines is 2. The van der Waals surface area contributed by atoms with Crippen LogP contribution in [0.4, 0.5) is 24.7 Å². The summed E-state index contributed by atoms with van der Waals surface area (Å²) in [7, 11) is 0. The Kier molecular flexibility index (Phi) is 6.28. The second-order valence-electron chi connectivity index (χ2n) is 9.87. The number of terminal acetylenes is 1. The lowest BCUT2D eigenvalue weighted by molar-refractivity contribution is -0.183. The van der Waals surface area contributed by atoms with Crippen LogP contribution in [0.1, 0.15) is 38.2 Å². The van der Waals surface area contributed by atoms with Gasteiger partial charge in [0.25, 0.3) is 0 Å². The van der Waals surface area contributed by atoms with Crippen LogP contribution >= 0.6 is 0 Å². The maximum absolute atomic E-state index is 16.5. The number of aliphatic hydroxyl groups is 2. The van der Waals surface area contributed by atoms with E-state index < -0.39 is 41.6 Å². The first-order chi connectivity index (χ1) is 19.2. The summed E-state index contributed by atoms with van der Waals surface area (Å²) in [6.45, 7) is 0.200. The van der Waals surface area contributed by atoms with Gasteiger partial charge in [0.2, 0.25) is 5.88 Å². The van der Waals surface area contributed by atoms with Crippen LogP contribution in [0.2, 0.25) is 0 Å². The Morgan fingerprint density at radius 1 is 1.10 bits per heavy atom. The number of rotatable bonds is 3. The SMILES string of the molecule is C#Cc1c(F)c(F)cc2cc(N)cc(-c3nc4c5c(nc(OC(O)O)nc5c3F)N3CCCCCC3[C@H](C)O4)c12. The molecule has 2 aromatic heterocycles. The first kappa shape index (κ1) is 25.9. The topological polar surface area (TPSA) is 127 Å². The molecule has 0 spiro atoms. The van der Waals surface area contributed by atoms with Gasteiger partial charge >= 0.3 is 12.5 Å². The highest BCUT2D eigenvalue weighted by Gasteiger charge is 2.37. The Labute approximate surface area is 226 Å². The number of halogens is 3. The minimum atomic E-state index is -2.26. The molecule has 2 aliphatic heterocycles. The fourth-order valence-electron chi connectivity index (χ4n) is 5.69. The maximum Gasteiger partial charge on any atom is 0.323 e. The lowest BCUT2D eigenvalue weighted by Gasteiger charge is -2.32. The molecule has 0 bridgehead atoms. The van der Waals surface area contributed by atoms with E-state index in [0.717, 1.165) is 31.7 Å². The molecule has 2 aliphatic rings. The Morgan fingerprint density at radius 3 is 2.65 bits per heavy atom. The molecule has 12 heteroatoms. The van der Waals surface area contributed by atoms with Crippen molar-refractivity contribution in [3.63, 3.8) is 0 Å². The molecule has 206 valence electrons. The third-order valence-electron chi connectivity index (χ3n) is 7.39. The molecule has 4 N–H and O–H groups in total. The molecule has 2 atom stereocenters. The van der Waals surface area contributed by atoms with Crippen molar-refractivity contribution in [3.8, 4) is 35.5 Å². The molecule has 0 aliphatic carbocycles. The molecule has 2 aromatic carbocycles. The first-order valence-corrected chi connectivity index (χ1v) is 12.7. The number of hydrogen-bond donors (Lipinski definition) is 3. The average molecular weight is 552 g/mol. The Hall–Kier alpha value is -4.34. The molecule has 4 aromatic rings. The minimum Gasteiger partial charge on any atom is -0.472 e. The van der Waals surface area contributed by atoms with Gasteiger partial charge < -0.3 is 30.3 Å². The van der Waals surface area contributed by atoms with E-state index in [1.807, 2.05) is 11.8 Å². The smallest absolute Gasteiger partial charge is 0.323 e. The van der Waals surface area contributed by atoms with Crippen molar-refractivity contribution in [1.29, 1.82) is 0 Å². The zero-order chi connectivity index (χ0) is 28.3. The Morgan fingerprint density at radius 2 is 1.90 bits per heavy atom. The molecule has 40 heavy (non-hydrogen) atoms. The number of hydrogen-bond acceptors (Lipinski definition) is 9. The molecule has 1 unspecified atom stereocenters. The first-order valence-electron chi connectivity index (χ1n) is 12.7. The largest absolute Gasteiger partial charge is 0.472 e. The van der Waals surface area contributed by atoms with E-state index in [-0.39, 0.29) is 56.4 Å². The van der Waals surface area contributed by atoms with Crippen molar-refractivity contribution in [3.05, 3.63) is 41.2 Å². The zero-order valence-electron chi connectivity index (χ0n) is 21.3. The Balaban J connectivity index is 1.71. The van der Waals surface area contributed by atoms with E-state index in [1.54, 1.807) is 0 Å². The third kappa shape index (κ3) is 4.09. The summed E-state index contributed by atoms with van der Waals surface area (Å²) >= 11 is 0. The molecular formula is C28H24F3N5O4. The van der Waals surface area contributed by atoms with Gasteiger partial charge in [-0.25, -0.2) is 18.2 Å². The van der Waals surface area contributed by atoms with Crippen LogP contribution in [0.25, 0.3) is 32.9 Å². The van der Waals surface area contributed by atoms with Crippen LogP contribution in [0.5, 0.6) is 11.9 Å². The molecule has 0 radical (unpaired) electrons. The maximum atomic E-state index is 16.5.